The van der Waals surface area contributed by atoms with Crippen molar-refractivity contribution in [3.05, 3.63) is 59.2 Å². The van der Waals surface area contributed by atoms with Crippen molar-refractivity contribution < 1.29 is 19.1 Å². The highest BCUT2D eigenvalue weighted by Gasteiger charge is 2.26. The van der Waals surface area contributed by atoms with Crippen molar-refractivity contribution in [2.45, 2.75) is 39.3 Å². The summed E-state index contributed by atoms with van der Waals surface area (Å²) in [6.07, 6.45) is 3.29. The summed E-state index contributed by atoms with van der Waals surface area (Å²) < 4.78 is 11.6. The van der Waals surface area contributed by atoms with Gasteiger partial charge in [0.05, 0.1) is 12.8 Å². The monoisotopic (exact) mass is 395 g/mol. The Morgan fingerprint density at radius 2 is 1.83 bits per heavy atom. The van der Waals surface area contributed by atoms with E-state index in [0.29, 0.717) is 30.3 Å². The molecule has 0 bridgehead atoms. The summed E-state index contributed by atoms with van der Waals surface area (Å²) in [5.41, 5.74) is 5.20. The second kappa shape index (κ2) is 9.73. The third-order valence-corrected chi connectivity index (χ3v) is 4.28. The number of carbonyl (C=O) groups is 2. The average Bonchev–Trinajstić information content (AvgIpc) is 3.52. The lowest BCUT2D eigenvalue weighted by Gasteiger charge is -2.12. The van der Waals surface area contributed by atoms with Gasteiger partial charge in [0.1, 0.15) is 6.61 Å². The van der Waals surface area contributed by atoms with Crippen LogP contribution in [0, 0.1) is 6.92 Å². The zero-order chi connectivity index (χ0) is 20.6. The minimum Gasteiger partial charge on any atom is -0.490 e. The zero-order valence-corrected chi connectivity index (χ0v) is 16.6. The summed E-state index contributed by atoms with van der Waals surface area (Å²) in [5, 5.41) is 6.45. The van der Waals surface area contributed by atoms with E-state index in [1.807, 2.05) is 38.1 Å². The van der Waals surface area contributed by atoms with Crippen LogP contribution in [0.25, 0.3) is 0 Å². The Bertz CT molecular complexity index is 889. The van der Waals surface area contributed by atoms with Gasteiger partial charge in [-0.1, -0.05) is 29.8 Å². The molecule has 152 valence electrons. The van der Waals surface area contributed by atoms with Gasteiger partial charge in [-0.25, -0.2) is 5.43 Å². The van der Waals surface area contributed by atoms with Gasteiger partial charge in [-0.15, -0.1) is 0 Å². The first kappa shape index (κ1) is 20.4. The van der Waals surface area contributed by atoms with Crippen molar-refractivity contribution in [1.82, 2.24) is 10.7 Å². The quantitative estimate of drug-likeness (QED) is 0.409. The highest BCUT2D eigenvalue weighted by molar-refractivity contribution is 6.35. The number of hydrogen-bond acceptors (Lipinski definition) is 5. The first-order valence-corrected chi connectivity index (χ1v) is 9.64. The van der Waals surface area contributed by atoms with Crippen LogP contribution >= 0.6 is 0 Å². The van der Waals surface area contributed by atoms with E-state index < -0.39 is 11.8 Å². The molecule has 0 aromatic heterocycles. The van der Waals surface area contributed by atoms with E-state index in [0.717, 1.165) is 18.4 Å². The number of ether oxygens (including phenoxy) is 2. The normalized spacial score (nSPS) is 13.2. The molecule has 2 aromatic carbocycles. The number of aryl methyl sites for hydroxylation is 1. The standard InChI is InChI=1S/C22H25N3O4/c1-3-28-20-12-17(13-23-25-22(27)21(26)24-18-9-10-18)8-11-19(20)29-14-16-6-4-15(2)5-7-16/h4-8,11-13,18H,3,9-10,14H2,1-2H3,(H,24,26)(H,25,27)/b23-13-. The fraction of sp³-hybridized carbons (Fsp3) is 0.318. The van der Waals surface area contributed by atoms with Crippen LogP contribution in [0.1, 0.15) is 36.5 Å². The second-order valence-electron chi connectivity index (χ2n) is 6.86. The van der Waals surface area contributed by atoms with Crippen LogP contribution in [0.15, 0.2) is 47.6 Å². The van der Waals surface area contributed by atoms with E-state index >= 15 is 0 Å². The lowest BCUT2D eigenvalue weighted by Crippen LogP contribution is -2.38. The summed E-state index contributed by atoms with van der Waals surface area (Å²) in [7, 11) is 0. The third kappa shape index (κ3) is 6.34. The van der Waals surface area contributed by atoms with Gasteiger partial charge in [0.2, 0.25) is 0 Å². The van der Waals surface area contributed by atoms with Gasteiger partial charge < -0.3 is 14.8 Å². The Labute approximate surface area is 170 Å². The van der Waals surface area contributed by atoms with Gasteiger partial charge >= 0.3 is 11.8 Å². The second-order valence-corrected chi connectivity index (χ2v) is 6.86. The highest BCUT2D eigenvalue weighted by Crippen LogP contribution is 2.29. The maximum absolute atomic E-state index is 11.7. The van der Waals surface area contributed by atoms with Crippen LogP contribution in [-0.4, -0.2) is 30.7 Å². The summed E-state index contributed by atoms with van der Waals surface area (Å²) in [5.74, 6) is -0.241. The molecular formula is C22H25N3O4. The van der Waals surface area contributed by atoms with Crippen molar-refractivity contribution in [2.24, 2.45) is 5.10 Å². The Morgan fingerprint density at radius 1 is 1.07 bits per heavy atom. The summed E-state index contributed by atoms with van der Waals surface area (Å²) in [6, 6.07) is 13.6. The Morgan fingerprint density at radius 3 is 2.52 bits per heavy atom. The molecule has 1 aliphatic rings. The average molecular weight is 395 g/mol. The van der Waals surface area contributed by atoms with Crippen molar-refractivity contribution in [2.75, 3.05) is 6.61 Å². The molecule has 2 N–H and O–H groups in total. The van der Waals surface area contributed by atoms with Gasteiger partial charge in [-0.2, -0.15) is 5.10 Å². The summed E-state index contributed by atoms with van der Waals surface area (Å²) in [4.78, 5) is 23.3. The highest BCUT2D eigenvalue weighted by atomic mass is 16.5. The topological polar surface area (TPSA) is 89.0 Å². The van der Waals surface area contributed by atoms with Gasteiger partial charge in [0.25, 0.3) is 0 Å². The number of hydrazone groups is 1. The predicted molar refractivity (Wildman–Crippen MR) is 110 cm³/mol. The fourth-order valence-electron chi connectivity index (χ4n) is 2.53. The number of carbonyl (C=O) groups excluding carboxylic acids is 2. The molecule has 1 aliphatic carbocycles. The molecule has 2 aromatic rings. The number of amides is 2. The van der Waals surface area contributed by atoms with E-state index in [-0.39, 0.29) is 6.04 Å². The van der Waals surface area contributed by atoms with Crippen molar-refractivity contribution in [3.63, 3.8) is 0 Å². The van der Waals surface area contributed by atoms with Crippen molar-refractivity contribution in [3.8, 4) is 11.5 Å². The van der Waals surface area contributed by atoms with Crippen molar-refractivity contribution >= 4 is 18.0 Å². The molecule has 2 amide bonds. The van der Waals surface area contributed by atoms with Gasteiger partial charge in [-0.3, -0.25) is 9.59 Å². The van der Waals surface area contributed by atoms with E-state index in [2.05, 4.69) is 15.8 Å². The first-order valence-electron chi connectivity index (χ1n) is 9.64. The van der Waals surface area contributed by atoms with Crippen LogP contribution in [0.3, 0.4) is 0 Å². The largest absolute Gasteiger partial charge is 0.490 e. The van der Waals surface area contributed by atoms with E-state index in [1.165, 1.54) is 11.8 Å². The lowest BCUT2D eigenvalue weighted by atomic mass is 10.2. The van der Waals surface area contributed by atoms with Crippen LogP contribution in [0.4, 0.5) is 0 Å². The van der Waals surface area contributed by atoms with Crippen molar-refractivity contribution in [1.29, 1.82) is 0 Å². The van der Waals surface area contributed by atoms with E-state index in [4.69, 9.17) is 9.47 Å². The molecule has 0 unspecified atom stereocenters. The van der Waals surface area contributed by atoms with Crippen LogP contribution in [0.2, 0.25) is 0 Å². The molecule has 7 heteroatoms. The summed E-state index contributed by atoms with van der Waals surface area (Å²) in [6.45, 7) is 4.85. The number of benzene rings is 2. The summed E-state index contributed by atoms with van der Waals surface area (Å²) >= 11 is 0. The lowest BCUT2D eigenvalue weighted by molar-refractivity contribution is -0.139. The maximum atomic E-state index is 11.7. The molecule has 1 saturated carbocycles. The number of rotatable bonds is 8. The molecule has 7 nitrogen and oxygen atoms in total. The van der Waals surface area contributed by atoms with Gasteiger partial charge in [-0.05, 0) is 56.0 Å². The fourth-order valence-corrected chi connectivity index (χ4v) is 2.53. The molecule has 0 atom stereocenters. The molecular weight excluding hydrogens is 370 g/mol. The number of nitrogens with one attached hydrogen (secondary N) is 2. The SMILES string of the molecule is CCOc1cc(/C=N\NC(=O)C(=O)NC2CC2)ccc1OCc1ccc(C)cc1. The molecule has 1 fully saturated rings. The Hall–Kier alpha value is -3.35. The van der Waals surface area contributed by atoms with E-state index in [9.17, 15) is 9.59 Å². The van der Waals surface area contributed by atoms with Crippen LogP contribution in [-0.2, 0) is 16.2 Å². The first-order chi connectivity index (χ1) is 14.0. The number of nitrogens with zero attached hydrogens (tertiary/aromatic N) is 1. The predicted octanol–water partition coefficient (Wildman–Crippen LogP) is 2.70. The van der Waals surface area contributed by atoms with E-state index in [1.54, 1.807) is 18.2 Å². The molecule has 3 rings (SSSR count). The van der Waals surface area contributed by atoms with Gasteiger partial charge in [0, 0.05) is 6.04 Å². The Kier molecular flexibility index (Phi) is 6.84. The minimum absolute atomic E-state index is 0.124. The third-order valence-electron chi connectivity index (χ3n) is 4.28. The number of hydrogen-bond donors (Lipinski definition) is 2. The maximum Gasteiger partial charge on any atom is 0.329 e. The molecule has 0 radical (unpaired) electrons. The molecule has 29 heavy (non-hydrogen) atoms. The minimum atomic E-state index is -0.781. The van der Waals surface area contributed by atoms with Crippen LogP contribution < -0.4 is 20.2 Å². The molecule has 0 heterocycles. The Balaban J connectivity index is 1.59. The molecule has 0 saturated heterocycles. The molecule has 0 spiro atoms. The molecule has 0 aliphatic heterocycles. The van der Waals surface area contributed by atoms with Gasteiger partial charge in [0.15, 0.2) is 11.5 Å². The smallest absolute Gasteiger partial charge is 0.329 e. The van der Waals surface area contributed by atoms with Crippen LogP contribution in [0.5, 0.6) is 11.5 Å². The zero-order valence-electron chi connectivity index (χ0n) is 16.6.